The Morgan fingerprint density at radius 3 is 2.14 bits per heavy atom. The third kappa shape index (κ3) is 11.2. The molecular weight excluding hydrogens is 743 g/mol. The molecule has 0 bridgehead atoms. The Balaban J connectivity index is 1.28. The van der Waals surface area contributed by atoms with Crippen molar-refractivity contribution in [3.05, 3.63) is 101 Å². The second-order valence-electron chi connectivity index (χ2n) is 14.6. The highest BCUT2D eigenvalue weighted by atomic mass is 32.1. The van der Waals surface area contributed by atoms with Crippen molar-refractivity contribution in [3.63, 3.8) is 0 Å². The van der Waals surface area contributed by atoms with Gasteiger partial charge in [-0.2, -0.15) is 0 Å². The van der Waals surface area contributed by atoms with Gasteiger partial charge in [-0.25, -0.2) is 4.98 Å². The first kappa shape index (κ1) is 41.0. The first-order valence-corrected chi connectivity index (χ1v) is 20.4. The molecule has 300 valence electrons. The topological polar surface area (TPSA) is 226 Å². The van der Waals surface area contributed by atoms with Crippen molar-refractivity contribution in [2.24, 2.45) is 17.4 Å². The van der Waals surface area contributed by atoms with Gasteiger partial charge in [0.05, 0.1) is 11.2 Å². The summed E-state index contributed by atoms with van der Waals surface area (Å²) in [5.74, 6) is -2.96. The molecule has 14 nitrogen and oxygen atoms in total. The number of carbonyl (C=O) groups excluding carboxylic acids is 5. The summed E-state index contributed by atoms with van der Waals surface area (Å²) in [6.45, 7) is 1.84. The van der Waals surface area contributed by atoms with Crippen LogP contribution in [0.5, 0.6) is 0 Å². The average molecular weight is 794 g/mol. The first-order valence-electron chi connectivity index (χ1n) is 19.5. The molecule has 15 heteroatoms. The lowest BCUT2D eigenvalue weighted by molar-refractivity contribution is -0.135. The number of nitrogens with zero attached hydrogens (tertiary/aromatic N) is 1. The van der Waals surface area contributed by atoms with Gasteiger partial charge in [-0.1, -0.05) is 60.7 Å². The van der Waals surface area contributed by atoms with Gasteiger partial charge in [-0.05, 0) is 79.7 Å². The van der Waals surface area contributed by atoms with Crippen molar-refractivity contribution in [2.45, 2.75) is 75.5 Å². The van der Waals surface area contributed by atoms with Crippen LogP contribution in [0.25, 0.3) is 21.7 Å². The highest BCUT2D eigenvalue weighted by molar-refractivity contribution is 7.07. The van der Waals surface area contributed by atoms with Crippen LogP contribution in [0.15, 0.2) is 83.8 Å². The summed E-state index contributed by atoms with van der Waals surface area (Å²) in [6.07, 6.45) is 4.87. The van der Waals surface area contributed by atoms with Crippen molar-refractivity contribution < 1.29 is 24.0 Å². The largest absolute Gasteiger partial charge is 0.368 e. The lowest BCUT2D eigenvalue weighted by Gasteiger charge is -2.28. The lowest BCUT2D eigenvalue weighted by atomic mass is 9.95. The van der Waals surface area contributed by atoms with Crippen molar-refractivity contribution in [2.75, 3.05) is 19.6 Å². The highest BCUT2D eigenvalue weighted by Gasteiger charge is 2.33. The van der Waals surface area contributed by atoms with Crippen LogP contribution in [0, 0.1) is 5.92 Å². The fourth-order valence-corrected chi connectivity index (χ4v) is 7.84. The van der Waals surface area contributed by atoms with E-state index in [4.69, 9.17) is 11.5 Å². The van der Waals surface area contributed by atoms with E-state index in [1.807, 2.05) is 66.7 Å². The number of rotatable bonds is 19. The molecule has 3 aromatic carbocycles. The quantitative estimate of drug-likeness (QED) is 0.0578. The van der Waals surface area contributed by atoms with Crippen molar-refractivity contribution in [3.8, 4) is 0 Å². The molecule has 3 heterocycles. The number of thiazole rings is 1. The number of primary amides is 1. The molecule has 1 aliphatic heterocycles. The zero-order valence-electron chi connectivity index (χ0n) is 31.8. The summed E-state index contributed by atoms with van der Waals surface area (Å²) in [5, 5.41) is 19.5. The summed E-state index contributed by atoms with van der Waals surface area (Å²) < 4.78 is 0. The number of hydrogen-bond acceptors (Lipinski definition) is 9. The molecule has 6 rings (SSSR count). The van der Waals surface area contributed by atoms with Crippen molar-refractivity contribution in [1.82, 2.24) is 36.6 Å². The first-order chi connectivity index (χ1) is 27.7. The van der Waals surface area contributed by atoms with Crippen LogP contribution in [-0.4, -0.2) is 83.3 Å². The van der Waals surface area contributed by atoms with E-state index in [2.05, 4.69) is 36.6 Å². The minimum absolute atomic E-state index is 0.0278. The zero-order valence-corrected chi connectivity index (χ0v) is 32.6. The van der Waals surface area contributed by atoms with Gasteiger partial charge in [-0.3, -0.25) is 24.0 Å². The molecule has 1 saturated heterocycles. The number of piperidine rings is 1. The molecule has 1 aliphatic rings. The van der Waals surface area contributed by atoms with Crippen LogP contribution in [-0.2, 0) is 43.2 Å². The van der Waals surface area contributed by atoms with E-state index in [1.54, 1.807) is 17.1 Å². The fraction of sp³-hybridized carbons (Fsp3) is 0.381. The van der Waals surface area contributed by atoms with E-state index >= 15 is 0 Å². The number of nitrogens with two attached hydrogens (primary N) is 2. The van der Waals surface area contributed by atoms with Crippen LogP contribution >= 0.6 is 11.3 Å². The maximum Gasteiger partial charge on any atom is 0.243 e. The minimum atomic E-state index is -1.17. The number of hydrogen-bond donors (Lipinski definition) is 8. The number of unbranched alkanes of at least 4 members (excludes halogenated alkanes) is 1. The van der Waals surface area contributed by atoms with E-state index in [0.717, 1.165) is 32.8 Å². The van der Waals surface area contributed by atoms with Gasteiger partial charge in [0.1, 0.15) is 24.2 Å². The number of nitrogens with one attached hydrogen (secondary N) is 6. The number of amides is 5. The van der Waals surface area contributed by atoms with Crippen molar-refractivity contribution in [1.29, 1.82) is 0 Å². The predicted molar refractivity (Wildman–Crippen MR) is 221 cm³/mol. The summed E-state index contributed by atoms with van der Waals surface area (Å²) in [7, 11) is 0. The monoisotopic (exact) mass is 793 g/mol. The number of para-hydroxylation sites is 1. The molecule has 0 spiro atoms. The molecular formula is C42H51N9O5S. The van der Waals surface area contributed by atoms with Gasteiger partial charge < -0.3 is 43.0 Å². The maximum atomic E-state index is 14.5. The van der Waals surface area contributed by atoms with E-state index in [1.165, 1.54) is 11.3 Å². The number of carbonyl (C=O) groups is 5. The Bertz CT molecular complexity index is 2150. The molecule has 0 unspecified atom stereocenters. The molecule has 5 aromatic rings. The molecule has 5 amide bonds. The Labute approximate surface area is 335 Å². The zero-order chi connectivity index (χ0) is 40.1. The lowest BCUT2D eigenvalue weighted by Crippen LogP contribution is -2.59. The normalized spacial score (nSPS) is 15.3. The third-order valence-corrected chi connectivity index (χ3v) is 11.1. The Kier molecular flexibility index (Phi) is 14.4. The molecule has 0 saturated carbocycles. The number of aromatic nitrogens is 2. The van der Waals surface area contributed by atoms with Gasteiger partial charge in [0, 0.05) is 47.7 Å². The Morgan fingerprint density at radius 1 is 0.772 bits per heavy atom. The van der Waals surface area contributed by atoms with Gasteiger partial charge in [0.2, 0.25) is 29.5 Å². The Morgan fingerprint density at radius 2 is 1.44 bits per heavy atom. The standard InChI is InChI=1S/C42H51N9O5S/c43-16-6-5-11-34(38(44)52)48-42(56)37(22-31-24-57-25-47-31)51-41(55)36(21-30-23-46-33-10-4-3-9-32(30)33)50-40(54)35(49-39(53)28-14-17-45-18-15-28)20-26-12-13-27-7-1-2-8-29(27)19-26/h1-4,7-10,12-13,19,23-25,28,34-37,45-46H,5-6,11,14-18,20-22,43H2,(H2,44,52)(H,48,56)(H,49,53)(H,50,54)(H,51,55)/t34-,35+,36+,37-/m0/s1. The van der Waals surface area contributed by atoms with Crippen molar-refractivity contribution >= 4 is 62.5 Å². The number of fused-ring (bicyclic) bond motifs is 2. The fourth-order valence-electron chi connectivity index (χ4n) is 7.27. The summed E-state index contributed by atoms with van der Waals surface area (Å²) in [4.78, 5) is 76.3. The van der Waals surface area contributed by atoms with Crippen LogP contribution in [0.1, 0.15) is 48.9 Å². The molecule has 10 N–H and O–H groups in total. The van der Waals surface area contributed by atoms with E-state index in [0.29, 0.717) is 51.0 Å². The second-order valence-corrected chi connectivity index (χ2v) is 15.3. The molecule has 0 aliphatic carbocycles. The van der Waals surface area contributed by atoms with E-state index < -0.39 is 47.8 Å². The molecule has 1 fully saturated rings. The molecule has 4 atom stereocenters. The molecule has 2 aromatic heterocycles. The highest BCUT2D eigenvalue weighted by Crippen LogP contribution is 2.21. The van der Waals surface area contributed by atoms with Crippen LogP contribution in [0.2, 0.25) is 0 Å². The van der Waals surface area contributed by atoms with Gasteiger partial charge in [0.15, 0.2) is 0 Å². The molecule has 57 heavy (non-hydrogen) atoms. The summed E-state index contributed by atoms with van der Waals surface area (Å²) in [6, 6.07) is 17.1. The van der Waals surface area contributed by atoms with Gasteiger partial charge in [-0.15, -0.1) is 11.3 Å². The number of H-pyrrole nitrogens is 1. The van der Waals surface area contributed by atoms with E-state index in [-0.39, 0.29) is 37.5 Å². The molecule has 0 radical (unpaired) electrons. The minimum Gasteiger partial charge on any atom is -0.368 e. The Hall–Kier alpha value is -5.64. The van der Waals surface area contributed by atoms with Gasteiger partial charge >= 0.3 is 0 Å². The van der Waals surface area contributed by atoms with Crippen LogP contribution in [0.3, 0.4) is 0 Å². The van der Waals surface area contributed by atoms with Crippen LogP contribution in [0.4, 0.5) is 0 Å². The second kappa shape index (κ2) is 20.0. The summed E-state index contributed by atoms with van der Waals surface area (Å²) in [5.41, 5.74) is 15.9. The predicted octanol–water partition coefficient (Wildman–Crippen LogP) is 2.36. The average Bonchev–Trinajstić information content (AvgIpc) is 3.90. The maximum absolute atomic E-state index is 14.5. The smallest absolute Gasteiger partial charge is 0.243 e. The SMILES string of the molecule is NCCCC[C@H](NC(=O)[C@H](Cc1cscn1)NC(=O)[C@@H](Cc1c[nH]c2ccccc12)NC(=O)[C@@H](Cc1ccc2ccccc2c1)NC(=O)C1CCNCC1)C(N)=O. The number of aromatic amines is 1. The van der Waals surface area contributed by atoms with Crippen LogP contribution < -0.4 is 38.1 Å². The third-order valence-electron chi connectivity index (χ3n) is 10.5. The van der Waals surface area contributed by atoms with E-state index in [9.17, 15) is 24.0 Å². The summed E-state index contributed by atoms with van der Waals surface area (Å²) >= 11 is 1.34. The van der Waals surface area contributed by atoms with Gasteiger partial charge in [0.25, 0.3) is 0 Å². The number of benzene rings is 3.